The molecule has 0 saturated heterocycles. The molecule has 0 saturated carbocycles. The lowest BCUT2D eigenvalue weighted by Crippen LogP contribution is -2.49. The minimum Gasteiger partial charge on any atom is -0.444 e. The Balaban J connectivity index is 2.00. The van der Waals surface area contributed by atoms with Crippen LogP contribution >= 0.6 is 0 Å². The summed E-state index contributed by atoms with van der Waals surface area (Å²) >= 11 is 0. The van der Waals surface area contributed by atoms with Gasteiger partial charge in [0.2, 0.25) is 5.91 Å². The van der Waals surface area contributed by atoms with Crippen molar-refractivity contribution >= 4 is 17.9 Å². The van der Waals surface area contributed by atoms with Crippen LogP contribution < -0.4 is 16.0 Å². The summed E-state index contributed by atoms with van der Waals surface area (Å²) in [5.74, 6) is -0.627. The zero-order chi connectivity index (χ0) is 23.7. The molecule has 0 heterocycles. The average molecular weight is 440 g/mol. The molecule has 3 N–H and O–H groups in total. The number of alkyl carbamates (subject to hydrolysis) is 1. The van der Waals surface area contributed by atoms with Gasteiger partial charge >= 0.3 is 6.09 Å². The molecule has 172 valence electrons. The van der Waals surface area contributed by atoms with Gasteiger partial charge in [-0.1, -0.05) is 47.5 Å². The Kier molecular flexibility index (Phi) is 8.81. The number of aryl methyl sites for hydroxylation is 2. The third-order valence-corrected chi connectivity index (χ3v) is 4.48. The molecule has 0 aromatic heterocycles. The standard InChI is InChI=1S/C25H33N3O4/c1-17-13-18(2)15-20(14-17)22(29)28-21(16-19-9-7-6-8-10-19)23(30)26-11-12-27-24(31)32-25(3,4)5/h6-10,13-15,21H,11-12,16H2,1-5H3,(H,26,30)(H,27,31)(H,28,29)/t21-/m1/s1. The van der Waals surface area contributed by atoms with Crippen molar-refractivity contribution in [2.24, 2.45) is 0 Å². The van der Waals surface area contributed by atoms with Crippen LogP contribution in [-0.4, -0.2) is 42.6 Å². The minimum absolute atomic E-state index is 0.211. The molecule has 2 aromatic carbocycles. The third-order valence-electron chi connectivity index (χ3n) is 4.48. The first-order chi connectivity index (χ1) is 15.0. The Labute approximate surface area is 189 Å². The topological polar surface area (TPSA) is 96.5 Å². The van der Waals surface area contributed by atoms with E-state index in [1.165, 1.54) is 0 Å². The molecule has 0 spiro atoms. The normalized spacial score (nSPS) is 11.9. The molecule has 0 bridgehead atoms. The molecule has 2 rings (SSSR count). The van der Waals surface area contributed by atoms with E-state index in [9.17, 15) is 14.4 Å². The summed E-state index contributed by atoms with van der Waals surface area (Å²) in [6.07, 6.45) is -0.196. The summed E-state index contributed by atoms with van der Waals surface area (Å²) in [5.41, 5.74) is 2.81. The van der Waals surface area contributed by atoms with Crippen LogP contribution in [0.2, 0.25) is 0 Å². The van der Waals surface area contributed by atoms with Crippen LogP contribution in [0.3, 0.4) is 0 Å². The van der Waals surface area contributed by atoms with Crippen LogP contribution in [0.15, 0.2) is 48.5 Å². The zero-order valence-corrected chi connectivity index (χ0v) is 19.5. The molecule has 3 amide bonds. The Morgan fingerprint density at radius 2 is 1.50 bits per heavy atom. The number of amides is 3. The molecule has 32 heavy (non-hydrogen) atoms. The number of hydrogen-bond donors (Lipinski definition) is 3. The maximum absolute atomic E-state index is 12.9. The lowest BCUT2D eigenvalue weighted by atomic mass is 10.0. The van der Waals surface area contributed by atoms with E-state index in [0.717, 1.165) is 16.7 Å². The number of ether oxygens (including phenoxy) is 1. The fraction of sp³-hybridized carbons (Fsp3) is 0.400. The van der Waals surface area contributed by atoms with E-state index >= 15 is 0 Å². The van der Waals surface area contributed by atoms with Gasteiger partial charge in [0.05, 0.1) is 0 Å². The number of benzene rings is 2. The van der Waals surface area contributed by atoms with Gasteiger partial charge < -0.3 is 20.7 Å². The van der Waals surface area contributed by atoms with E-state index in [0.29, 0.717) is 12.0 Å². The summed E-state index contributed by atoms with van der Waals surface area (Å²) in [4.78, 5) is 37.4. The Hall–Kier alpha value is -3.35. The van der Waals surface area contributed by atoms with Gasteiger partial charge in [0, 0.05) is 25.1 Å². The third kappa shape index (κ3) is 8.79. The number of carbonyl (C=O) groups is 3. The summed E-state index contributed by atoms with van der Waals surface area (Å²) in [5, 5.41) is 8.23. The van der Waals surface area contributed by atoms with E-state index in [-0.39, 0.29) is 24.9 Å². The van der Waals surface area contributed by atoms with Gasteiger partial charge in [-0.05, 0) is 52.3 Å². The first-order valence-corrected chi connectivity index (χ1v) is 10.7. The van der Waals surface area contributed by atoms with E-state index < -0.39 is 17.7 Å². The van der Waals surface area contributed by atoms with Gasteiger partial charge in [-0.3, -0.25) is 9.59 Å². The van der Waals surface area contributed by atoms with Crippen molar-refractivity contribution in [3.05, 3.63) is 70.8 Å². The number of rotatable bonds is 8. The van der Waals surface area contributed by atoms with Crippen molar-refractivity contribution in [1.29, 1.82) is 0 Å². The molecular formula is C25H33N3O4. The van der Waals surface area contributed by atoms with Crippen LogP contribution in [-0.2, 0) is 16.0 Å². The first kappa shape index (κ1) is 24.9. The van der Waals surface area contributed by atoms with Crippen molar-refractivity contribution in [2.45, 2.75) is 52.7 Å². The minimum atomic E-state index is -0.757. The van der Waals surface area contributed by atoms with Crippen LogP contribution in [0.1, 0.15) is 47.8 Å². The average Bonchev–Trinajstić information content (AvgIpc) is 2.69. The molecular weight excluding hydrogens is 406 g/mol. The lowest BCUT2D eigenvalue weighted by Gasteiger charge is -2.21. The molecule has 7 heteroatoms. The second-order valence-corrected chi connectivity index (χ2v) is 8.81. The zero-order valence-electron chi connectivity index (χ0n) is 19.5. The maximum Gasteiger partial charge on any atom is 0.407 e. The van der Waals surface area contributed by atoms with E-state index in [1.54, 1.807) is 32.9 Å². The summed E-state index contributed by atoms with van der Waals surface area (Å²) in [7, 11) is 0. The van der Waals surface area contributed by atoms with Crippen LogP contribution in [0.5, 0.6) is 0 Å². The van der Waals surface area contributed by atoms with Gasteiger partial charge in [0.1, 0.15) is 11.6 Å². The fourth-order valence-corrected chi connectivity index (χ4v) is 3.19. The second-order valence-electron chi connectivity index (χ2n) is 8.81. The van der Waals surface area contributed by atoms with E-state index in [1.807, 2.05) is 50.2 Å². The molecule has 0 aliphatic carbocycles. The highest BCUT2D eigenvalue weighted by molar-refractivity contribution is 5.98. The van der Waals surface area contributed by atoms with Gasteiger partial charge in [-0.2, -0.15) is 0 Å². The Morgan fingerprint density at radius 3 is 2.09 bits per heavy atom. The Morgan fingerprint density at radius 1 is 0.906 bits per heavy atom. The van der Waals surface area contributed by atoms with Crippen molar-refractivity contribution in [2.75, 3.05) is 13.1 Å². The molecule has 2 aromatic rings. The lowest BCUT2D eigenvalue weighted by molar-refractivity contribution is -0.122. The van der Waals surface area contributed by atoms with Gasteiger partial charge in [0.25, 0.3) is 5.91 Å². The van der Waals surface area contributed by atoms with Crippen molar-refractivity contribution < 1.29 is 19.1 Å². The molecule has 0 radical (unpaired) electrons. The molecule has 1 atom stereocenters. The summed E-state index contributed by atoms with van der Waals surface area (Å²) in [6, 6.07) is 14.3. The predicted molar refractivity (Wildman–Crippen MR) is 125 cm³/mol. The van der Waals surface area contributed by atoms with E-state index in [2.05, 4.69) is 16.0 Å². The van der Waals surface area contributed by atoms with Gasteiger partial charge in [-0.25, -0.2) is 4.79 Å². The van der Waals surface area contributed by atoms with Crippen molar-refractivity contribution in [3.8, 4) is 0 Å². The number of hydrogen-bond acceptors (Lipinski definition) is 4. The molecule has 0 aliphatic rings. The maximum atomic E-state index is 12.9. The van der Waals surface area contributed by atoms with Crippen molar-refractivity contribution in [3.63, 3.8) is 0 Å². The highest BCUT2D eigenvalue weighted by Gasteiger charge is 2.22. The fourth-order valence-electron chi connectivity index (χ4n) is 3.19. The van der Waals surface area contributed by atoms with Crippen LogP contribution in [0, 0.1) is 13.8 Å². The monoisotopic (exact) mass is 439 g/mol. The molecule has 0 unspecified atom stereocenters. The largest absolute Gasteiger partial charge is 0.444 e. The summed E-state index contributed by atoms with van der Waals surface area (Å²) in [6.45, 7) is 9.61. The Bertz CT molecular complexity index is 916. The quantitative estimate of drug-likeness (QED) is 0.550. The SMILES string of the molecule is Cc1cc(C)cc(C(=O)N[C@H](Cc2ccccc2)C(=O)NCCNC(=O)OC(C)(C)C)c1. The molecule has 7 nitrogen and oxygen atoms in total. The van der Waals surface area contributed by atoms with Gasteiger partial charge in [0.15, 0.2) is 0 Å². The van der Waals surface area contributed by atoms with Crippen molar-refractivity contribution in [1.82, 2.24) is 16.0 Å². The second kappa shape index (κ2) is 11.3. The smallest absolute Gasteiger partial charge is 0.407 e. The van der Waals surface area contributed by atoms with Crippen LogP contribution in [0.4, 0.5) is 4.79 Å². The predicted octanol–water partition coefficient (Wildman–Crippen LogP) is 3.29. The van der Waals surface area contributed by atoms with Crippen LogP contribution in [0.25, 0.3) is 0 Å². The van der Waals surface area contributed by atoms with Gasteiger partial charge in [-0.15, -0.1) is 0 Å². The molecule has 0 aliphatic heterocycles. The molecule has 0 fully saturated rings. The highest BCUT2D eigenvalue weighted by Crippen LogP contribution is 2.10. The number of nitrogens with one attached hydrogen (secondary N) is 3. The number of carbonyl (C=O) groups excluding carboxylic acids is 3. The first-order valence-electron chi connectivity index (χ1n) is 10.7. The summed E-state index contributed by atoms with van der Waals surface area (Å²) < 4.78 is 5.17. The highest BCUT2D eigenvalue weighted by atomic mass is 16.6. The van der Waals surface area contributed by atoms with E-state index in [4.69, 9.17) is 4.74 Å².